The van der Waals surface area contributed by atoms with Crippen molar-refractivity contribution in [3.63, 3.8) is 0 Å². The molecule has 0 saturated carbocycles. The van der Waals surface area contributed by atoms with Crippen LogP contribution in [0.15, 0.2) is 0 Å². The van der Waals surface area contributed by atoms with Crippen molar-refractivity contribution in [2.75, 3.05) is 6.61 Å². The van der Waals surface area contributed by atoms with E-state index in [4.69, 9.17) is 8.74 Å². The summed E-state index contributed by atoms with van der Waals surface area (Å²) in [6.07, 6.45) is 9.90. The van der Waals surface area contributed by atoms with E-state index in [2.05, 4.69) is 13.8 Å². The third-order valence-corrected chi connectivity index (χ3v) is 3.29. The van der Waals surface area contributed by atoms with Gasteiger partial charge in [-0.25, -0.2) is 0 Å². The lowest BCUT2D eigenvalue weighted by atomic mass is 9.99. The lowest BCUT2D eigenvalue weighted by Crippen LogP contribution is -2.10. The first kappa shape index (κ1) is 16.1. The zero-order valence-corrected chi connectivity index (χ0v) is 11.4. The smallest absolute Gasteiger partial charge is 0.284 e. The van der Waals surface area contributed by atoms with Crippen LogP contribution in [0.5, 0.6) is 0 Å². The minimum atomic E-state index is -2.10. The van der Waals surface area contributed by atoms with Gasteiger partial charge in [0, 0.05) is 0 Å². The quantitative estimate of drug-likeness (QED) is 0.446. The Bertz CT molecular complexity index is 174. The highest BCUT2D eigenvalue weighted by molar-refractivity contribution is 7.74. The van der Waals surface area contributed by atoms with Crippen molar-refractivity contribution < 1.29 is 12.9 Å². The molecule has 98 valence electrons. The van der Waals surface area contributed by atoms with Gasteiger partial charge in [-0.3, -0.25) is 8.74 Å². The summed E-state index contributed by atoms with van der Waals surface area (Å²) in [5, 5.41) is 0. The molecule has 0 aliphatic carbocycles. The van der Waals surface area contributed by atoms with E-state index in [9.17, 15) is 4.21 Å². The average molecular weight is 250 g/mol. The molecule has 0 radical (unpaired) electrons. The third kappa shape index (κ3) is 10.6. The Hall–Kier alpha value is 0.0700. The van der Waals surface area contributed by atoms with Crippen molar-refractivity contribution in [1.29, 1.82) is 0 Å². The van der Waals surface area contributed by atoms with Crippen LogP contribution in [0, 0.1) is 5.92 Å². The highest BCUT2D eigenvalue weighted by atomic mass is 32.2. The van der Waals surface area contributed by atoms with E-state index < -0.39 is 11.4 Å². The van der Waals surface area contributed by atoms with Crippen molar-refractivity contribution in [1.82, 2.24) is 0 Å². The van der Waals surface area contributed by atoms with E-state index in [0.29, 0.717) is 12.5 Å². The van der Waals surface area contributed by atoms with Crippen LogP contribution in [0.25, 0.3) is 0 Å². The van der Waals surface area contributed by atoms with E-state index in [-0.39, 0.29) is 0 Å². The van der Waals surface area contributed by atoms with Crippen LogP contribution < -0.4 is 0 Å². The van der Waals surface area contributed by atoms with Gasteiger partial charge >= 0.3 is 11.4 Å². The minimum Gasteiger partial charge on any atom is -0.284 e. The first-order valence-corrected chi connectivity index (χ1v) is 7.48. The van der Waals surface area contributed by atoms with Crippen LogP contribution in [0.3, 0.4) is 0 Å². The van der Waals surface area contributed by atoms with Gasteiger partial charge in [0.15, 0.2) is 0 Å². The number of rotatable bonds is 11. The molecular formula is C12H26O3S. The SMILES string of the molecule is CCCCCCCCC(CC)COS(=O)O. The largest absolute Gasteiger partial charge is 0.301 e. The summed E-state index contributed by atoms with van der Waals surface area (Å²) < 4.78 is 23.6. The van der Waals surface area contributed by atoms with Crippen molar-refractivity contribution in [2.45, 2.75) is 65.2 Å². The van der Waals surface area contributed by atoms with Crippen molar-refractivity contribution >= 4 is 11.4 Å². The van der Waals surface area contributed by atoms with Gasteiger partial charge in [0.25, 0.3) is 0 Å². The Morgan fingerprint density at radius 3 is 2.31 bits per heavy atom. The van der Waals surface area contributed by atoms with E-state index in [0.717, 1.165) is 12.8 Å². The Labute approximate surface area is 102 Å². The molecule has 0 amide bonds. The highest BCUT2D eigenvalue weighted by Gasteiger charge is 2.07. The van der Waals surface area contributed by atoms with Crippen molar-refractivity contribution in [3.05, 3.63) is 0 Å². The van der Waals surface area contributed by atoms with Gasteiger partial charge in [0.05, 0.1) is 6.61 Å². The minimum absolute atomic E-state index is 0.411. The summed E-state index contributed by atoms with van der Waals surface area (Å²) in [7, 11) is 0. The molecule has 0 aromatic carbocycles. The van der Waals surface area contributed by atoms with E-state index in [1.165, 1.54) is 38.5 Å². The predicted octanol–water partition coefficient (Wildman–Crippen LogP) is 3.92. The maximum absolute atomic E-state index is 10.4. The molecule has 0 bridgehead atoms. The zero-order chi connectivity index (χ0) is 12.2. The number of hydrogen-bond acceptors (Lipinski definition) is 2. The second-order valence-corrected chi connectivity index (χ2v) is 5.00. The first-order valence-electron chi connectivity index (χ1n) is 6.44. The highest BCUT2D eigenvalue weighted by Crippen LogP contribution is 2.15. The fourth-order valence-corrected chi connectivity index (χ4v) is 2.08. The van der Waals surface area contributed by atoms with Gasteiger partial charge in [-0.05, 0) is 12.3 Å². The van der Waals surface area contributed by atoms with Crippen LogP contribution in [-0.4, -0.2) is 15.4 Å². The molecule has 0 aliphatic heterocycles. The molecule has 2 unspecified atom stereocenters. The van der Waals surface area contributed by atoms with Gasteiger partial charge < -0.3 is 0 Å². The lowest BCUT2D eigenvalue weighted by Gasteiger charge is -2.12. The normalized spacial score (nSPS) is 14.9. The zero-order valence-electron chi connectivity index (χ0n) is 10.6. The molecule has 3 nitrogen and oxygen atoms in total. The molecule has 0 saturated heterocycles. The predicted molar refractivity (Wildman–Crippen MR) is 68.5 cm³/mol. The van der Waals surface area contributed by atoms with E-state index >= 15 is 0 Å². The molecule has 0 spiro atoms. The fraction of sp³-hybridized carbons (Fsp3) is 1.00. The standard InChI is InChI=1S/C12H26O3S/c1-3-5-6-7-8-9-10-12(4-2)11-15-16(13)14/h12H,3-11H2,1-2H3,(H,13,14). The van der Waals surface area contributed by atoms with Gasteiger partial charge in [-0.2, -0.15) is 4.21 Å². The monoisotopic (exact) mass is 250 g/mol. The summed E-state index contributed by atoms with van der Waals surface area (Å²) in [5.74, 6) is 0.433. The molecule has 1 N–H and O–H groups in total. The van der Waals surface area contributed by atoms with Gasteiger partial charge in [0.2, 0.25) is 0 Å². The molecule has 0 rings (SSSR count). The summed E-state index contributed by atoms with van der Waals surface area (Å²) >= 11 is -2.10. The van der Waals surface area contributed by atoms with Crippen LogP contribution in [0.2, 0.25) is 0 Å². The maximum atomic E-state index is 10.4. The van der Waals surface area contributed by atoms with Crippen LogP contribution >= 0.6 is 0 Å². The Kier molecular flexibility index (Phi) is 11.6. The van der Waals surface area contributed by atoms with E-state index in [1.54, 1.807) is 0 Å². The third-order valence-electron chi connectivity index (χ3n) is 2.95. The van der Waals surface area contributed by atoms with Crippen LogP contribution in [0.4, 0.5) is 0 Å². The van der Waals surface area contributed by atoms with Gasteiger partial charge in [0.1, 0.15) is 0 Å². The van der Waals surface area contributed by atoms with E-state index in [1.807, 2.05) is 0 Å². The first-order chi connectivity index (χ1) is 7.70. The van der Waals surface area contributed by atoms with Crippen molar-refractivity contribution in [3.8, 4) is 0 Å². The van der Waals surface area contributed by atoms with Crippen LogP contribution in [-0.2, 0) is 15.5 Å². The summed E-state index contributed by atoms with van der Waals surface area (Å²) in [4.78, 5) is 0. The Balaban J connectivity index is 3.37. The molecule has 0 aromatic heterocycles. The number of hydrogen-bond donors (Lipinski definition) is 1. The number of unbranched alkanes of at least 4 members (excludes halogenated alkanes) is 5. The molecule has 4 heteroatoms. The molecule has 0 aliphatic rings. The van der Waals surface area contributed by atoms with Crippen molar-refractivity contribution in [2.24, 2.45) is 5.92 Å². The van der Waals surface area contributed by atoms with Crippen LogP contribution in [0.1, 0.15) is 65.2 Å². The Morgan fingerprint density at radius 1 is 1.12 bits per heavy atom. The second-order valence-electron chi connectivity index (χ2n) is 4.33. The topological polar surface area (TPSA) is 46.5 Å². The summed E-state index contributed by atoms with van der Waals surface area (Å²) in [6, 6.07) is 0. The maximum Gasteiger partial charge on any atom is 0.301 e. The van der Waals surface area contributed by atoms with Gasteiger partial charge in [-0.1, -0.05) is 58.8 Å². The molecule has 0 aromatic rings. The average Bonchev–Trinajstić information content (AvgIpc) is 2.27. The second kappa shape index (κ2) is 11.6. The molecule has 0 heterocycles. The molecular weight excluding hydrogens is 224 g/mol. The Morgan fingerprint density at radius 2 is 1.75 bits per heavy atom. The summed E-state index contributed by atoms with van der Waals surface area (Å²) in [5.41, 5.74) is 0. The van der Waals surface area contributed by atoms with Gasteiger partial charge in [-0.15, -0.1) is 0 Å². The molecule has 0 fully saturated rings. The molecule has 16 heavy (non-hydrogen) atoms. The molecule has 2 atom stereocenters. The summed E-state index contributed by atoms with van der Waals surface area (Å²) in [6.45, 7) is 4.74. The lowest BCUT2D eigenvalue weighted by molar-refractivity contribution is 0.232. The fourth-order valence-electron chi connectivity index (χ4n) is 1.77.